The Labute approximate surface area is 120 Å². The first-order valence-electron chi connectivity index (χ1n) is 5.83. The van der Waals surface area contributed by atoms with E-state index < -0.39 is 0 Å². The van der Waals surface area contributed by atoms with Gasteiger partial charge in [-0.15, -0.1) is 5.10 Å². The van der Waals surface area contributed by atoms with Gasteiger partial charge in [0.25, 0.3) is 0 Å². The smallest absolute Gasteiger partial charge is 0.221 e. The van der Waals surface area contributed by atoms with Gasteiger partial charge in [0.1, 0.15) is 0 Å². The van der Waals surface area contributed by atoms with E-state index in [2.05, 4.69) is 26.9 Å². The van der Waals surface area contributed by atoms with E-state index in [1.54, 1.807) is 25.1 Å². The summed E-state index contributed by atoms with van der Waals surface area (Å²) in [7, 11) is 0. The third-order valence-corrected chi connectivity index (χ3v) is 3.24. The molecule has 1 N–H and O–H groups in total. The van der Waals surface area contributed by atoms with Crippen molar-refractivity contribution < 1.29 is 4.79 Å². The van der Waals surface area contributed by atoms with Gasteiger partial charge in [-0.1, -0.05) is 17.8 Å². The molecule has 2 rings (SSSR count). The molecule has 0 aliphatic heterocycles. The normalized spacial score (nSPS) is 11.7. The SMILES string of the molecule is CC(=O)Nc1cccc(-n2nnnc2SC(C)C#N)c1. The van der Waals surface area contributed by atoms with E-state index in [1.807, 2.05) is 6.07 Å². The number of nitriles is 1. The van der Waals surface area contributed by atoms with Crippen LogP contribution >= 0.6 is 11.8 Å². The number of hydrogen-bond donors (Lipinski definition) is 1. The molecule has 0 saturated carbocycles. The van der Waals surface area contributed by atoms with E-state index in [0.29, 0.717) is 16.5 Å². The van der Waals surface area contributed by atoms with Gasteiger partial charge < -0.3 is 5.32 Å². The largest absolute Gasteiger partial charge is 0.326 e. The molecule has 0 saturated heterocycles. The zero-order chi connectivity index (χ0) is 14.5. The zero-order valence-electron chi connectivity index (χ0n) is 10.9. The summed E-state index contributed by atoms with van der Waals surface area (Å²) in [6, 6.07) is 9.28. The molecule has 1 unspecified atom stereocenters. The lowest BCUT2D eigenvalue weighted by Gasteiger charge is -2.07. The van der Waals surface area contributed by atoms with E-state index >= 15 is 0 Å². The molecule has 0 fully saturated rings. The molecule has 2 aromatic rings. The van der Waals surface area contributed by atoms with Gasteiger partial charge in [0, 0.05) is 12.6 Å². The van der Waals surface area contributed by atoms with Crippen molar-refractivity contribution in [1.29, 1.82) is 5.26 Å². The van der Waals surface area contributed by atoms with Gasteiger partial charge in [0.2, 0.25) is 11.1 Å². The molecule has 0 spiro atoms. The van der Waals surface area contributed by atoms with Crippen molar-refractivity contribution in [3.63, 3.8) is 0 Å². The number of benzene rings is 1. The van der Waals surface area contributed by atoms with Crippen LogP contribution < -0.4 is 5.32 Å². The standard InChI is InChI=1S/C12H12N6OS/c1-8(7-13)20-12-15-16-17-18(12)11-5-3-4-10(6-11)14-9(2)19/h3-6,8H,1-2H3,(H,14,19). The first kappa shape index (κ1) is 14.0. The molecule has 1 amide bonds. The molecule has 7 nitrogen and oxygen atoms in total. The van der Waals surface area contributed by atoms with Gasteiger partial charge in [-0.05, 0) is 35.5 Å². The highest BCUT2D eigenvalue weighted by molar-refractivity contribution is 8.00. The molecule has 0 bridgehead atoms. The maximum absolute atomic E-state index is 11.1. The lowest BCUT2D eigenvalue weighted by molar-refractivity contribution is -0.114. The number of nitrogens with zero attached hydrogens (tertiary/aromatic N) is 5. The fourth-order valence-electron chi connectivity index (χ4n) is 1.52. The van der Waals surface area contributed by atoms with Gasteiger partial charge in [-0.25, -0.2) is 0 Å². The minimum atomic E-state index is -0.252. The highest BCUT2D eigenvalue weighted by atomic mass is 32.2. The topological polar surface area (TPSA) is 96.5 Å². The van der Waals surface area contributed by atoms with Crippen LogP contribution in [-0.2, 0) is 4.79 Å². The van der Waals surface area contributed by atoms with Gasteiger partial charge in [-0.2, -0.15) is 9.94 Å². The Kier molecular flexibility index (Phi) is 4.32. The average Bonchev–Trinajstić information content (AvgIpc) is 2.86. The number of anilines is 1. The molecule has 1 atom stereocenters. The minimum absolute atomic E-state index is 0.147. The second-order valence-electron chi connectivity index (χ2n) is 3.99. The molecule has 8 heteroatoms. The van der Waals surface area contributed by atoms with Crippen molar-refractivity contribution >= 4 is 23.4 Å². The Balaban J connectivity index is 2.30. The lowest BCUT2D eigenvalue weighted by Crippen LogP contribution is -2.07. The van der Waals surface area contributed by atoms with Gasteiger partial charge >= 0.3 is 0 Å². The van der Waals surface area contributed by atoms with Crippen molar-refractivity contribution in [2.45, 2.75) is 24.3 Å². The summed E-state index contributed by atoms with van der Waals surface area (Å²) < 4.78 is 1.53. The number of hydrogen-bond acceptors (Lipinski definition) is 6. The van der Waals surface area contributed by atoms with Crippen LogP contribution in [0.5, 0.6) is 0 Å². The van der Waals surface area contributed by atoms with Crippen LogP contribution in [0.4, 0.5) is 5.69 Å². The number of aromatic nitrogens is 4. The fraction of sp³-hybridized carbons (Fsp3) is 0.250. The number of amides is 1. The summed E-state index contributed by atoms with van der Waals surface area (Å²) in [5.74, 6) is -0.147. The molecular formula is C12H12N6OS. The molecule has 20 heavy (non-hydrogen) atoms. The molecule has 1 heterocycles. The van der Waals surface area contributed by atoms with E-state index in [-0.39, 0.29) is 11.2 Å². The van der Waals surface area contributed by atoms with Gasteiger partial charge in [-0.3, -0.25) is 4.79 Å². The average molecular weight is 288 g/mol. The number of carbonyl (C=O) groups excluding carboxylic acids is 1. The molecule has 0 radical (unpaired) electrons. The quantitative estimate of drug-likeness (QED) is 0.859. The van der Waals surface area contributed by atoms with Crippen molar-refractivity contribution in [1.82, 2.24) is 20.2 Å². The van der Waals surface area contributed by atoms with Crippen molar-refractivity contribution in [2.75, 3.05) is 5.32 Å². The summed E-state index contributed by atoms with van der Waals surface area (Å²) in [4.78, 5) is 11.1. The minimum Gasteiger partial charge on any atom is -0.326 e. The first-order chi connectivity index (χ1) is 9.60. The van der Waals surface area contributed by atoms with Crippen molar-refractivity contribution in [2.24, 2.45) is 0 Å². The Morgan fingerprint density at radius 2 is 2.35 bits per heavy atom. The highest BCUT2D eigenvalue weighted by Crippen LogP contribution is 2.23. The predicted octanol–water partition coefficient (Wildman–Crippen LogP) is 1.62. The Hall–Kier alpha value is -2.40. The van der Waals surface area contributed by atoms with Crippen LogP contribution in [-0.4, -0.2) is 31.4 Å². The van der Waals surface area contributed by atoms with E-state index in [4.69, 9.17) is 5.26 Å². The van der Waals surface area contributed by atoms with Crippen molar-refractivity contribution in [3.8, 4) is 11.8 Å². The second-order valence-corrected chi connectivity index (χ2v) is 5.30. The first-order valence-corrected chi connectivity index (χ1v) is 6.71. The van der Waals surface area contributed by atoms with E-state index in [0.717, 1.165) is 0 Å². The number of rotatable bonds is 4. The molecule has 1 aromatic heterocycles. The van der Waals surface area contributed by atoms with Crippen LogP contribution in [0.1, 0.15) is 13.8 Å². The molecule has 1 aromatic carbocycles. The predicted molar refractivity (Wildman–Crippen MR) is 74.4 cm³/mol. The summed E-state index contributed by atoms with van der Waals surface area (Å²) in [5, 5.41) is 23.2. The van der Waals surface area contributed by atoms with Gasteiger partial charge in [0.15, 0.2) is 0 Å². The maximum atomic E-state index is 11.1. The Morgan fingerprint density at radius 3 is 3.05 bits per heavy atom. The number of thioether (sulfide) groups is 1. The molecule has 0 aliphatic rings. The zero-order valence-corrected chi connectivity index (χ0v) is 11.8. The molecule has 0 aliphatic carbocycles. The summed E-state index contributed by atoms with van der Waals surface area (Å²) in [6.07, 6.45) is 0. The second kappa shape index (κ2) is 6.16. The monoisotopic (exact) mass is 288 g/mol. The van der Waals surface area contributed by atoms with Crippen molar-refractivity contribution in [3.05, 3.63) is 24.3 Å². The third-order valence-electron chi connectivity index (χ3n) is 2.32. The number of tetrazole rings is 1. The number of nitrogens with one attached hydrogen (secondary N) is 1. The van der Waals surface area contributed by atoms with E-state index in [1.165, 1.54) is 23.4 Å². The van der Waals surface area contributed by atoms with Crippen LogP contribution in [0.3, 0.4) is 0 Å². The Bertz CT molecular complexity index is 662. The van der Waals surface area contributed by atoms with E-state index in [9.17, 15) is 4.79 Å². The maximum Gasteiger partial charge on any atom is 0.221 e. The summed E-state index contributed by atoms with van der Waals surface area (Å²) in [5.41, 5.74) is 1.38. The summed E-state index contributed by atoms with van der Waals surface area (Å²) >= 11 is 1.27. The van der Waals surface area contributed by atoms with Crippen LogP contribution in [0, 0.1) is 11.3 Å². The van der Waals surface area contributed by atoms with Crippen LogP contribution in [0.15, 0.2) is 29.4 Å². The van der Waals surface area contributed by atoms with Crippen LogP contribution in [0.25, 0.3) is 5.69 Å². The highest BCUT2D eigenvalue weighted by Gasteiger charge is 2.13. The number of carbonyl (C=O) groups is 1. The lowest BCUT2D eigenvalue weighted by atomic mass is 10.3. The molecular weight excluding hydrogens is 276 g/mol. The fourth-order valence-corrected chi connectivity index (χ4v) is 2.21. The Morgan fingerprint density at radius 1 is 1.55 bits per heavy atom. The summed E-state index contributed by atoms with van der Waals surface area (Å²) in [6.45, 7) is 3.22. The van der Waals surface area contributed by atoms with Crippen LogP contribution in [0.2, 0.25) is 0 Å². The molecule has 102 valence electrons. The third kappa shape index (κ3) is 3.33. The van der Waals surface area contributed by atoms with Gasteiger partial charge in [0.05, 0.1) is 17.0 Å².